The molecule has 120 valence electrons. The lowest BCUT2D eigenvalue weighted by molar-refractivity contribution is -0.121. The van der Waals surface area contributed by atoms with Gasteiger partial charge in [0.25, 0.3) is 5.91 Å². The lowest BCUT2D eigenvalue weighted by atomic mass is 10.0. The molecule has 0 aliphatic carbocycles. The molecule has 1 aliphatic heterocycles. The van der Waals surface area contributed by atoms with Gasteiger partial charge in [-0.2, -0.15) is 0 Å². The largest absolute Gasteiger partial charge is 0.354 e. The summed E-state index contributed by atoms with van der Waals surface area (Å²) in [5.74, 6) is -0.939. The fourth-order valence-corrected chi connectivity index (χ4v) is 2.72. The van der Waals surface area contributed by atoms with Crippen LogP contribution in [0.1, 0.15) is 36.0 Å². The summed E-state index contributed by atoms with van der Waals surface area (Å²) in [6.45, 7) is 1.28. The second-order valence-corrected chi connectivity index (χ2v) is 5.47. The Morgan fingerprint density at radius 1 is 1.32 bits per heavy atom. The topological polar surface area (TPSA) is 75.4 Å². The minimum absolute atomic E-state index is 0.0858. The van der Waals surface area contributed by atoms with Gasteiger partial charge in [-0.25, -0.2) is 4.39 Å². The van der Waals surface area contributed by atoms with Crippen LogP contribution in [0, 0.1) is 5.82 Å². The van der Waals surface area contributed by atoms with Gasteiger partial charge in [-0.05, 0) is 31.4 Å². The normalized spacial score (nSPS) is 18.1. The molecular formula is C16H22FN3O2. The smallest absolute Gasteiger partial charge is 0.257 e. The van der Waals surface area contributed by atoms with Crippen molar-refractivity contribution in [3.63, 3.8) is 0 Å². The minimum Gasteiger partial charge on any atom is -0.354 e. The van der Waals surface area contributed by atoms with E-state index in [2.05, 4.69) is 5.32 Å². The van der Waals surface area contributed by atoms with Crippen LogP contribution in [0.25, 0.3) is 0 Å². The molecule has 0 radical (unpaired) electrons. The van der Waals surface area contributed by atoms with Gasteiger partial charge in [-0.15, -0.1) is 0 Å². The molecule has 0 aromatic heterocycles. The zero-order valence-corrected chi connectivity index (χ0v) is 12.6. The van der Waals surface area contributed by atoms with E-state index in [1.807, 2.05) is 0 Å². The summed E-state index contributed by atoms with van der Waals surface area (Å²) in [4.78, 5) is 25.8. The summed E-state index contributed by atoms with van der Waals surface area (Å²) in [7, 11) is 0. The van der Waals surface area contributed by atoms with Crippen molar-refractivity contribution >= 4 is 11.8 Å². The highest BCUT2D eigenvalue weighted by Crippen LogP contribution is 2.20. The Hall–Kier alpha value is -1.95. The van der Waals surface area contributed by atoms with E-state index in [1.165, 1.54) is 12.1 Å². The fourth-order valence-electron chi connectivity index (χ4n) is 2.72. The number of carbonyl (C=O) groups excluding carboxylic acids is 2. The molecule has 1 fully saturated rings. The van der Waals surface area contributed by atoms with Gasteiger partial charge in [0.05, 0.1) is 5.56 Å². The lowest BCUT2D eigenvalue weighted by Gasteiger charge is -2.36. The summed E-state index contributed by atoms with van der Waals surface area (Å²) < 4.78 is 13.8. The fraction of sp³-hybridized carbons (Fsp3) is 0.500. The molecule has 3 N–H and O–H groups in total. The molecule has 0 bridgehead atoms. The van der Waals surface area contributed by atoms with Crippen molar-refractivity contribution in [1.82, 2.24) is 10.2 Å². The average molecular weight is 307 g/mol. The van der Waals surface area contributed by atoms with Crippen molar-refractivity contribution in [2.24, 2.45) is 5.73 Å². The molecule has 5 nitrogen and oxygen atoms in total. The SMILES string of the molecule is NCCC(=O)NCC1CCCCN1C(=O)c1ccccc1F. The minimum atomic E-state index is -0.510. The number of hydrogen-bond acceptors (Lipinski definition) is 3. The Kier molecular flexibility index (Phi) is 5.89. The molecule has 1 aliphatic rings. The first-order chi connectivity index (χ1) is 10.6. The van der Waals surface area contributed by atoms with Crippen LogP contribution in [0.3, 0.4) is 0 Å². The molecule has 2 amide bonds. The molecule has 22 heavy (non-hydrogen) atoms. The standard InChI is InChI=1S/C16H22FN3O2/c17-14-7-2-1-6-13(14)16(22)20-10-4-3-5-12(20)11-19-15(21)8-9-18/h1-2,6-7,12H,3-5,8-11,18H2,(H,19,21). The quantitative estimate of drug-likeness (QED) is 0.860. The van der Waals surface area contributed by atoms with Crippen LogP contribution in [-0.4, -0.2) is 42.4 Å². The highest BCUT2D eigenvalue weighted by Gasteiger charge is 2.28. The van der Waals surface area contributed by atoms with Crippen molar-refractivity contribution in [3.8, 4) is 0 Å². The highest BCUT2D eigenvalue weighted by molar-refractivity contribution is 5.94. The van der Waals surface area contributed by atoms with Crippen molar-refractivity contribution in [3.05, 3.63) is 35.6 Å². The number of carbonyl (C=O) groups is 2. The number of halogens is 1. The van der Waals surface area contributed by atoms with Gasteiger partial charge >= 0.3 is 0 Å². The molecule has 1 aromatic rings. The number of amides is 2. The molecule has 0 spiro atoms. The van der Waals surface area contributed by atoms with E-state index in [-0.39, 0.29) is 29.8 Å². The molecule has 2 rings (SSSR count). The second kappa shape index (κ2) is 7.89. The maximum absolute atomic E-state index is 13.8. The monoisotopic (exact) mass is 307 g/mol. The molecule has 1 heterocycles. The Labute approximate surface area is 129 Å². The molecule has 1 atom stereocenters. The van der Waals surface area contributed by atoms with E-state index in [4.69, 9.17) is 5.73 Å². The van der Waals surface area contributed by atoms with Crippen LogP contribution in [-0.2, 0) is 4.79 Å². The first kappa shape index (κ1) is 16.4. The van der Waals surface area contributed by atoms with Crippen LogP contribution in [0.15, 0.2) is 24.3 Å². The summed E-state index contributed by atoms with van der Waals surface area (Å²) >= 11 is 0. The Balaban J connectivity index is 2.04. The summed E-state index contributed by atoms with van der Waals surface area (Å²) in [5, 5.41) is 2.80. The van der Waals surface area contributed by atoms with Gasteiger partial charge in [0.1, 0.15) is 5.82 Å². The number of nitrogens with zero attached hydrogens (tertiary/aromatic N) is 1. The number of hydrogen-bond donors (Lipinski definition) is 2. The van der Waals surface area contributed by atoms with Crippen molar-refractivity contribution < 1.29 is 14.0 Å². The van der Waals surface area contributed by atoms with E-state index in [0.29, 0.717) is 19.6 Å². The summed E-state index contributed by atoms with van der Waals surface area (Å²) in [5.41, 5.74) is 5.43. The first-order valence-electron chi connectivity index (χ1n) is 7.65. The second-order valence-electron chi connectivity index (χ2n) is 5.47. The third-order valence-corrected chi connectivity index (χ3v) is 3.90. The number of piperidine rings is 1. The number of likely N-dealkylation sites (tertiary alicyclic amines) is 1. The van der Waals surface area contributed by atoms with E-state index in [0.717, 1.165) is 19.3 Å². The van der Waals surface area contributed by atoms with E-state index >= 15 is 0 Å². The van der Waals surface area contributed by atoms with Gasteiger partial charge in [0.2, 0.25) is 5.91 Å². The van der Waals surface area contributed by atoms with Crippen molar-refractivity contribution in [2.45, 2.75) is 31.7 Å². The number of benzene rings is 1. The third kappa shape index (κ3) is 4.04. The van der Waals surface area contributed by atoms with Crippen molar-refractivity contribution in [1.29, 1.82) is 0 Å². The van der Waals surface area contributed by atoms with Crippen LogP contribution < -0.4 is 11.1 Å². The molecule has 6 heteroatoms. The maximum Gasteiger partial charge on any atom is 0.257 e. The van der Waals surface area contributed by atoms with Gasteiger partial charge in [-0.1, -0.05) is 12.1 Å². The average Bonchev–Trinajstić information content (AvgIpc) is 2.53. The summed E-state index contributed by atoms with van der Waals surface area (Å²) in [6, 6.07) is 5.90. The third-order valence-electron chi connectivity index (χ3n) is 3.90. The van der Waals surface area contributed by atoms with Gasteiger partial charge in [-0.3, -0.25) is 9.59 Å². The maximum atomic E-state index is 13.8. The van der Waals surface area contributed by atoms with Crippen LogP contribution in [0.2, 0.25) is 0 Å². The Morgan fingerprint density at radius 3 is 2.82 bits per heavy atom. The molecule has 1 saturated heterocycles. The zero-order chi connectivity index (χ0) is 15.9. The van der Waals surface area contributed by atoms with Crippen LogP contribution >= 0.6 is 0 Å². The van der Waals surface area contributed by atoms with Gasteiger partial charge in [0.15, 0.2) is 0 Å². The van der Waals surface area contributed by atoms with Gasteiger partial charge in [0, 0.05) is 32.1 Å². The summed E-state index contributed by atoms with van der Waals surface area (Å²) in [6.07, 6.45) is 2.98. The highest BCUT2D eigenvalue weighted by atomic mass is 19.1. The molecular weight excluding hydrogens is 285 g/mol. The van der Waals surface area contributed by atoms with Crippen LogP contribution in [0.4, 0.5) is 4.39 Å². The lowest BCUT2D eigenvalue weighted by Crippen LogP contribution is -2.49. The van der Waals surface area contributed by atoms with Crippen LogP contribution in [0.5, 0.6) is 0 Å². The number of rotatable bonds is 5. The van der Waals surface area contributed by atoms with Crippen molar-refractivity contribution in [2.75, 3.05) is 19.6 Å². The van der Waals surface area contributed by atoms with E-state index in [9.17, 15) is 14.0 Å². The Morgan fingerprint density at radius 2 is 2.09 bits per heavy atom. The molecule has 1 aromatic carbocycles. The molecule has 0 saturated carbocycles. The number of nitrogens with one attached hydrogen (secondary N) is 1. The molecule has 1 unspecified atom stereocenters. The van der Waals surface area contributed by atoms with E-state index in [1.54, 1.807) is 17.0 Å². The zero-order valence-electron chi connectivity index (χ0n) is 12.6. The number of nitrogens with two attached hydrogens (primary N) is 1. The van der Waals surface area contributed by atoms with E-state index < -0.39 is 5.82 Å². The first-order valence-corrected chi connectivity index (χ1v) is 7.65. The predicted octanol–water partition coefficient (Wildman–Crippen LogP) is 1.29. The predicted molar refractivity (Wildman–Crippen MR) is 81.8 cm³/mol. The Bertz CT molecular complexity index is 536. The van der Waals surface area contributed by atoms with Gasteiger partial charge < -0.3 is 16.0 Å².